The molecule has 3 nitrogen and oxygen atoms in total. The van der Waals surface area contributed by atoms with Crippen LogP contribution in [0.3, 0.4) is 0 Å². The molecule has 0 spiro atoms. The average molecular weight is 335 g/mol. The Kier molecular flexibility index (Phi) is 4.76. The summed E-state index contributed by atoms with van der Waals surface area (Å²) in [5, 5.41) is 7.33. The topological polar surface area (TPSA) is 37.3 Å². The highest BCUT2D eigenvalue weighted by molar-refractivity contribution is 7.14. The number of hydrazone groups is 1. The van der Waals surface area contributed by atoms with Gasteiger partial charge in [0.1, 0.15) is 0 Å². The minimum absolute atomic E-state index is 0.803. The van der Waals surface area contributed by atoms with Crippen LogP contribution in [0.4, 0.5) is 5.13 Å². The van der Waals surface area contributed by atoms with Gasteiger partial charge in [-0.15, -0.1) is 11.3 Å². The number of rotatable bonds is 4. The molecule has 4 heteroatoms. The summed E-state index contributed by atoms with van der Waals surface area (Å²) < 4.78 is 0. The number of aryl methyl sites for hydroxylation is 3. The number of nitrogens with zero attached hydrogens (tertiary/aromatic N) is 2. The average Bonchev–Trinajstić information content (AvgIpc) is 3.04. The van der Waals surface area contributed by atoms with E-state index in [4.69, 9.17) is 0 Å². The molecule has 1 N–H and O–H groups in total. The van der Waals surface area contributed by atoms with Crippen molar-refractivity contribution in [3.63, 3.8) is 0 Å². The zero-order valence-electron chi connectivity index (χ0n) is 14.4. The molecule has 0 aliphatic carbocycles. The molecule has 0 aliphatic rings. The highest BCUT2D eigenvalue weighted by atomic mass is 32.1. The molecule has 0 amide bonds. The fourth-order valence-electron chi connectivity index (χ4n) is 2.45. The molecule has 0 fully saturated rings. The SMILES string of the molecule is C/C(=N\Nc1nc(-c2cc(C)ccc2C)cs1)c1ccc(C)cc1. The smallest absolute Gasteiger partial charge is 0.203 e. The van der Waals surface area contributed by atoms with Gasteiger partial charge in [-0.2, -0.15) is 5.10 Å². The van der Waals surface area contributed by atoms with Gasteiger partial charge in [-0.05, 0) is 44.9 Å². The number of benzene rings is 2. The molecule has 0 atom stereocenters. The number of hydrogen-bond donors (Lipinski definition) is 1. The summed E-state index contributed by atoms with van der Waals surface area (Å²) in [5.74, 6) is 0. The molecule has 3 aromatic rings. The minimum atomic E-state index is 0.803. The maximum atomic E-state index is 4.66. The highest BCUT2D eigenvalue weighted by Gasteiger charge is 2.07. The second-order valence-corrected chi connectivity index (χ2v) is 6.89. The van der Waals surface area contributed by atoms with Crippen LogP contribution >= 0.6 is 11.3 Å². The van der Waals surface area contributed by atoms with Crippen molar-refractivity contribution in [3.8, 4) is 11.3 Å². The van der Waals surface area contributed by atoms with Crippen LogP contribution in [0.5, 0.6) is 0 Å². The van der Waals surface area contributed by atoms with E-state index in [-0.39, 0.29) is 0 Å². The van der Waals surface area contributed by atoms with Crippen LogP contribution < -0.4 is 5.43 Å². The van der Waals surface area contributed by atoms with Gasteiger partial charge in [0.2, 0.25) is 5.13 Å². The van der Waals surface area contributed by atoms with E-state index in [9.17, 15) is 0 Å². The van der Waals surface area contributed by atoms with Crippen molar-refractivity contribution in [3.05, 3.63) is 70.1 Å². The zero-order chi connectivity index (χ0) is 17.1. The Bertz CT molecular complexity index is 876. The molecule has 122 valence electrons. The first kappa shape index (κ1) is 16.4. The summed E-state index contributed by atoms with van der Waals surface area (Å²) >= 11 is 1.57. The van der Waals surface area contributed by atoms with Gasteiger partial charge in [0.05, 0.1) is 11.4 Å². The highest BCUT2D eigenvalue weighted by Crippen LogP contribution is 2.28. The first-order chi connectivity index (χ1) is 11.5. The van der Waals surface area contributed by atoms with Crippen LogP contribution in [0.15, 0.2) is 52.9 Å². The van der Waals surface area contributed by atoms with E-state index in [1.54, 1.807) is 11.3 Å². The standard InChI is InChI=1S/C20H21N3S/c1-13-6-9-17(10-7-13)16(4)22-23-20-21-19(12-24-20)18-11-14(2)5-8-15(18)3/h5-12H,1-4H3,(H,21,23)/b22-16+. The Morgan fingerprint density at radius 2 is 1.71 bits per heavy atom. The second-order valence-electron chi connectivity index (χ2n) is 6.03. The van der Waals surface area contributed by atoms with Crippen LogP contribution in [-0.4, -0.2) is 10.7 Å². The monoisotopic (exact) mass is 335 g/mol. The summed E-state index contributed by atoms with van der Waals surface area (Å²) in [6.07, 6.45) is 0. The van der Waals surface area contributed by atoms with Gasteiger partial charge >= 0.3 is 0 Å². The molecular formula is C20H21N3S. The van der Waals surface area contributed by atoms with Gasteiger partial charge < -0.3 is 0 Å². The molecule has 0 aliphatic heterocycles. The fraction of sp³-hybridized carbons (Fsp3) is 0.200. The maximum Gasteiger partial charge on any atom is 0.203 e. The molecule has 3 rings (SSSR count). The van der Waals surface area contributed by atoms with Crippen LogP contribution in [0, 0.1) is 20.8 Å². The molecule has 0 saturated carbocycles. The predicted octanol–water partition coefficient (Wildman–Crippen LogP) is 5.57. The number of hydrogen-bond acceptors (Lipinski definition) is 4. The van der Waals surface area contributed by atoms with E-state index in [1.807, 2.05) is 6.92 Å². The Hall–Kier alpha value is -2.46. The van der Waals surface area contributed by atoms with Gasteiger partial charge in [0.15, 0.2) is 0 Å². The summed E-state index contributed by atoms with van der Waals surface area (Å²) in [7, 11) is 0. The minimum Gasteiger partial charge on any atom is -0.252 e. The number of nitrogens with one attached hydrogen (secondary N) is 1. The van der Waals surface area contributed by atoms with Crippen LogP contribution in [0.2, 0.25) is 0 Å². The number of aromatic nitrogens is 1. The first-order valence-electron chi connectivity index (χ1n) is 7.93. The Morgan fingerprint density at radius 1 is 1.00 bits per heavy atom. The molecule has 0 radical (unpaired) electrons. The predicted molar refractivity (Wildman–Crippen MR) is 104 cm³/mol. The lowest BCUT2D eigenvalue weighted by atomic mass is 10.0. The lowest BCUT2D eigenvalue weighted by Gasteiger charge is -2.04. The summed E-state index contributed by atoms with van der Waals surface area (Å²) in [4.78, 5) is 4.66. The molecule has 2 aromatic carbocycles. The van der Waals surface area contributed by atoms with Gasteiger partial charge in [-0.1, -0.05) is 47.5 Å². The van der Waals surface area contributed by atoms with Crippen LogP contribution in [0.1, 0.15) is 29.2 Å². The van der Waals surface area contributed by atoms with Crippen molar-refractivity contribution in [2.75, 3.05) is 5.43 Å². The maximum absolute atomic E-state index is 4.66. The van der Waals surface area contributed by atoms with E-state index in [0.717, 1.165) is 22.1 Å². The Labute approximate surface area is 147 Å². The zero-order valence-corrected chi connectivity index (χ0v) is 15.2. The molecule has 0 bridgehead atoms. The molecule has 1 heterocycles. The van der Waals surface area contributed by atoms with E-state index < -0.39 is 0 Å². The van der Waals surface area contributed by atoms with Crippen molar-refractivity contribution in [1.29, 1.82) is 0 Å². The van der Waals surface area contributed by atoms with Gasteiger partial charge in [-0.25, -0.2) is 4.98 Å². The van der Waals surface area contributed by atoms with Crippen molar-refractivity contribution in [1.82, 2.24) is 4.98 Å². The Morgan fingerprint density at radius 3 is 2.46 bits per heavy atom. The third kappa shape index (κ3) is 3.71. The van der Waals surface area contributed by atoms with E-state index in [1.165, 1.54) is 22.3 Å². The summed E-state index contributed by atoms with van der Waals surface area (Å²) in [6, 6.07) is 14.8. The quantitative estimate of drug-likeness (QED) is 0.500. The molecule has 1 aromatic heterocycles. The lowest BCUT2D eigenvalue weighted by Crippen LogP contribution is -1.99. The second kappa shape index (κ2) is 6.97. The Balaban J connectivity index is 1.77. The largest absolute Gasteiger partial charge is 0.252 e. The third-order valence-corrected chi connectivity index (χ3v) is 4.71. The van der Waals surface area contributed by atoms with Gasteiger partial charge in [0.25, 0.3) is 0 Å². The molecule has 0 unspecified atom stereocenters. The molecular weight excluding hydrogens is 314 g/mol. The van der Waals surface area contributed by atoms with Crippen LogP contribution in [0.25, 0.3) is 11.3 Å². The van der Waals surface area contributed by atoms with E-state index >= 15 is 0 Å². The van der Waals surface area contributed by atoms with E-state index in [0.29, 0.717) is 0 Å². The first-order valence-corrected chi connectivity index (χ1v) is 8.81. The van der Waals surface area contributed by atoms with Crippen molar-refractivity contribution < 1.29 is 0 Å². The molecule has 24 heavy (non-hydrogen) atoms. The third-order valence-electron chi connectivity index (χ3n) is 3.96. The van der Waals surface area contributed by atoms with Gasteiger partial charge in [0, 0.05) is 10.9 Å². The van der Waals surface area contributed by atoms with Crippen molar-refractivity contribution >= 4 is 22.2 Å². The van der Waals surface area contributed by atoms with Crippen LogP contribution in [-0.2, 0) is 0 Å². The normalized spacial score (nSPS) is 11.6. The number of thiazole rings is 1. The summed E-state index contributed by atoms with van der Waals surface area (Å²) in [6.45, 7) is 8.29. The fourth-order valence-corrected chi connectivity index (χ4v) is 3.10. The lowest BCUT2D eigenvalue weighted by molar-refractivity contribution is 1.26. The number of anilines is 1. The summed E-state index contributed by atoms with van der Waals surface area (Å²) in [5.41, 5.74) is 11.0. The van der Waals surface area contributed by atoms with Gasteiger partial charge in [-0.3, -0.25) is 5.43 Å². The molecule has 0 saturated heterocycles. The van der Waals surface area contributed by atoms with Crippen molar-refractivity contribution in [2.45, 2.75) is 27.7 Å². The van der Waals surface area contributed by atoms with E-state index in [2.05, 4.69) is 84.1 Å². The van der Waals surface area contributed by atoms with Crippen molar-refractivity contribution in [2.24, 2.45) is 5.10 Å².